The minimum atomic E-state index is -4.64. The number of esters is 2. The Kier molecular flexibility index (Phi) is 24.9. The van der Waals surface area contributed by atoms with E-state index in [9.17, 15) is 48.2 Å². The van der Waals surface area contributed by atoms with Crippen LogP contribution in [0.15, 0.2) is 48.5 Å². The first-order valence-electron chi connectivity index (χ1n) is 22.5. The summed E-state index contributed by atoms with van der Waals surface area (Å²) in [6.07, 6.45) is 0.396. The van der Waals surface area contributed by atoms with Crippen LogP contribution in [0, 0.1) is 17.8 Å². The van der Waals surface area contributed by atoms with Gasteiger partial charge in [0.05, 0.1) is 32.2 Å². The van der Waals surface area contributed by atoms with Crippen molar-refractivity contribution in [2.24, 2.45) is 17.8 Å². The first kappa shape index (κ1) is 55.7. The van der Waals surface area contributed by atoms with E-state index < -0.39 is 86.7 Å². The van der Waals surface area contributed by atoms with Gasteiger partial charge in [-0.05, 0) is 66.8 Å². The summed E-state index contributed by atoms with van der Waals surface area (Å²) in [5.74, 6) is -4.24. The summed E-state index contributed by atoms with van der Waals surface area (Å²) in [4.78, 5) is 98.5. The molecule has 21 nitrogen and oxygen atoms in total. The van der Waals surface area contributed by atoms with Gasteiger partial charge in [0, 0.05) is 44.8 Å². The standard InChI is InChI=1S/C45H66N5O16P/c1-5-8-40(52)63-28-35(66-41(53)9-6-2)29-65-67(59,60)64-23-20-46-39(51)19-22-62-45(57)48-27-33-13-11-32(12-14-33)26-47-44(56)38-25-31-15-17-34(18-16-31)61-21-7-10-36(43(55)50-58)37(24-30(3)4)42(54)49-38/h11-18,30,35-38,58H,5-10,19-29H2,1-4H3,(H,46,51)(H,47,56)(H,48,57)(H,49,54)(H,50,55)(H,59,60)/t35-,36+,37-,38+/m1/s1. The van der Waals surface area contributed by atoms with Gasteiger partial charge < -0.3 is 45.1 Å². The zero-order valence-corrected chi connectivity index (χ0v) is 39.5. The average Bonchev–Trinajstić information content (AvgIpc) is 3.29. The lowest BCUT2D eigenvalue weighted by atomic mass is 9.81. The summed E-state index contributed by atoms with van der Waals surface area (Å²) in [5.41, 5.74) is 3.93. The summed E-state index contributed by atoms with van der Waals surface area (Å²) >= 11 is 0. The van der Waals surface area contributed by atoms with Crippen molar-refractivity contribution >= 4 is 49.5 Å². The van der Waals surface area contributed by atoms with Crippen LogP contribution < -0.4 is 31.5 Å². The van der Waals surface area contributed by atoms with E-state index in [2.05, 4.69) is 21.3 Å². The van der Waals surface area contributed by atoms with Crippen molar-refractivity contribution in [3.8, 4) is 5.75 Å². The molecule has 2 aromatic rings. The van der Waals surface area contributed by atoms with Crippen LogP contribution in [0.3, 0.4) is 0 Å². The second-order valence-corrected chi connectivity index (χ2v) is 17.7. The van der Waals surface area contributed by atoms with E-state index in [4.69, 9.17) is 28.0 Å². The molecule has 0 aliphatic carbocycles. The van der Waals surface area contributed by atoms with Gasteiger partial charge in [-0.25, -0.2) is 14.8 Å². The molecule has 0 saturated carbocycles. The number of carbonyl (C=O) groups excluding carboxylic acids is 7. The Morgan fingerprint density at radius 3 is 2.12 bits per heavy atom. The maximum atomic E-state index is 13.8. The Balaban J connectivity index is 1.42. The van der Waals surface area contributed by atoms with Gasteiger partial charge in [-0.1, -0.05) is 64.1 Å². The Labute approximate surface area is 390 Å². The van der Waals surface area contributed by atoms with Gasteiger partial charge in [0.15, 0.2) is 6.10 Å². The third-order valence-corrected chi connectivity index (χ3v) is 11.1. The SMILES string of the molecule is CCCC(=O)OC[C@H](COP(=O)(O)OCCNC(=O)CCOC(=O)NCc1ccc(CNC(=O)[C@@H]2Cc3ccc(cc3)OCCC[C@H](C(=O)NO)[C@@H](CC(C)C)C(=O)N2)cc1)OC(=O)CCC. The van der Waals surface area contributed by atoms with E-state index in [0.29, 0.717) is 43.6 Å². The molecule has 0 radical (unpaired) electrons. The number of phosphoric ester groups is 1. The van der Waals surface area contributed by atoms with Crippen LogP contribution in [0.25, 0.3) is 0 Å². The molecule has 1 unspecified atom stereocenters. The quantitative estimate of drug-likeness (QED) is 0.0185. The van der Waals surface area contributed by atoms with Gasteiger partial charge in [-0.15, -0.1) is 0 Å². The molecule has 2 aromatic carbocycles. The highest BCUT2D eigenvalue weighted by Gasteiger charge is 2.36. The lowest BCUT2D eigenvalue weighted by molar-refractivity contribution is -0.161. The molecule has 2 heterocycles. The van der Waals surface area contributed by atoms with Crippen molar-refractivity contribution in [3.63, 3.8) is 0 Å². The number of hydroxylamine groups is 1. The normalized spacial score (nSPS) is 17.6. The van der Waals surface area contributed by atoms with Crippen molar-refractivity contribution in [1.29, 1.82) is 0 Å². The molecule has 2 aliphatic heterocycles. The van der Waals surface area contributed by atoms with Gasteiger partial charge in [0.25, 0.3) is 0 Å². The van der Waals surface area contributed by atoms with E-state index in [1.165, 1.54) is 0 Å². The zero-order valence-electron chi connectivity index (χ0n) is 38.6. The summed E-state index contributed by atoms with van der Waals surface area (Å²) in [7, 11) is -4.64. The second kappa shape index (κ2) is 29.9. The maximum Gasteiger partial charge on any atom is 0.472 e. The fourth-order valence-electron chi connectivity index (χ4n) is 6.73. The number of hydrogen-bond donors (Lipinski definition) is 7. The van der Waals surface area contributed by atoms with Crippen LogP contribution in [0.5, 0.6) is 5.75 Å². The molecule has 4 rings (SSSR count). The topological polar surface area (TPSA) is 293 Å². The number of phosphoric acid groups is 1. The van der Waals surface area contributed by atoms with Gasteiger partial charge in [-0.3, -0.25) is 43.0 Å². The van der Waals surface area contributed by atoms with Gasteiger partial charge >= 0.3 is 25.9 Å². The highest BCUT2D eigenvalue weighted by Crippen LogP contribution is 2.43. The molecule has 67 heavy (non-hydrogen) atoms. The Hall–Kier alpha value is -5.60. The van der Waals surface area contributed by atoms with Crippen molar-refractivity contribution in [1.82, 2.24) is 26.7 Å². The van der Waals surface area contributed by atoms with Gasteiger partial charge in [0.1, 0.15) is 25.0 Å². The number of rotatable bonds is 25. The number of alkyl carbamates (subject to hydrolysis) is 1. The fraction of sp³-hybridized carbons (Fsp3) is 0.578. The molecule has 22 heteroatoms. The van der Waals surface area contributed by atoms with Crippen molar-refractivity contribution in [3.05, 3.63) is 65.2 Å². The van der Waals surface area contributed by atoms with E-state index in [1.807, 2.05) is 26.0 Å². The first-order chi connectivity index (χ1) is 32.0. The Morgan fingerprint density at radius 1 is 0.821 bits per heavy atom. The molecular weight excluding hydrogens is 897 g/mol. The summed E-state index contributed by atoms with van der Waals surface area (Å²) in [6, 6.07) is 13.2. The summed E-state index contributed by atoms with van der Waals surface area (Å²) < 4.78 is 43.2. The van der Waals surface area contributed by atoms with E-state index in [-0.39, 0.29) is 70.9 Å². The third-order valence-electron chi connectivity index (χ3n) is 10.1. The monoisotopic (exact) mass is 963 g/mol. The number of amides is 5. The second-order valence-electron chi connectivity index (χ2n) is 16.2. The number of ether oxygens (including phenoxy) is 4. The average molecular weight is 964 g/mol. The van der Waals surface area contributed by atoms with Crippen molar-refractivity contribution in [2.45, 2.75) is 111 Å². The molecule has 0 aromatic heterocycles. The molecule has 372 valence electrons. The highest BCUT2D eigenvalue weighted by atomic mass is 31.2. The minimum Gasteiger partial charge on any atom is -0.494 e. The number of fused-ring (bicyclic) bond motifs is 11. The molecule has 0 spiro atoms. The predicted octanol–water partition coefficient (Wildman–Crippen LogP) is 3.91. The van der Waals surface area contributed by atoms with Gasteiger partial charge in [-0.2, -0.15) is 0 Å². The largest absolute Gasteiger partial charge is 0.494 e. The highest BCUT2D eigenvalue weighted by molar-refractivity contribution is 7.47. The molecular formula is C45H66N5O16P. The van der Waals surface area contributed by atoms with Crippen LogP contribution in [-0.4, -0.2) is 103 Å². The van der Waals surface area contributed by atoms with Crippen molar-refractivity contribution < 1.29 is 76.2 Å². The van der Waals surface area contributed by atoms with Gasteiger partial charge in [0.2, 0.25) is 23.6 Å². The first-order valence-corrected chi connectivity index (χ1v) is 24.0. The van der Waals surface area contributed by atoms with Crippen LogP contribution in [0.1, 0.15) is 95.8 Å². The van der Waals surface area contributed by atoms with E-state index in [1.54, 1.807) is 55.7 Å². The van der Waals surface area contributed by atoms with Crippen LogP contribution >= 0.6 is 7.82 Å². The van der Waals surface area contributed by atoms with Crippen LogP contribution in [0.2, 0.25) is 0 Å². The molecule has 7 N–H and O–H groups in total. The lowest BCUT2D eigenvalue weighted by Crippen LogP contribution is -2.51. The molecule has 5 atom stereocenters. The Bertz CT molecular complexity index is 1950. The Morgan fingerprint density at radius 2 is 1.48 bits per heavy atom. The van der Waals surface area contributed by atoms with Crippen LogP contribution in [0.4, 0.5) is 4.79 Å². The van der Waals surface area contributed by atoms with E-state index >= 15 is 0 Å². The third kappa shape index (κ3) is 22.2. The molecule has 0 fully saturated rings. The molecule has 0 saturated heterocycles. The minimum absolute atomic E-state index is 0.0403. The predicted molar refractivity (Wildman–Crippen MR) is 240 cm³/mol. The number of benzene rings is 2. The smallest absolute Gasteiger partial charge is 0.472 e. The summed E-state index contributed by atoms with van der Waals surface area (Å²) in [6.45, 7) is 6.10. The summed E-state index contributed by atoms with van der Waals surface area (Å²) in [5, 5.41) is 20.3. The van der Waals surface area contributed by atoms with Crippen LogP contribution in [-0.2, 0) is 76.1 Å². The number of nitrogens with one attached hydrogen (secondary N) is 5. The number of hydrogen-bond acceptors (Lipinski definition) is 15. The fourth-order valence-corrected chi connectivity index (χ4v) is 7.48. The molecule has 5 amide bonds. The van der Waals surface area contributed by atoms with E-state index in [0.717, 1.165) is 11.1 Å². The number of carbonyl (C=O) groups is 7. The maximum absolute atomic E-state index is 13.8. The zero-order chi connectivity index (χ0) is 49.2. The molecule has 2 bridgehead atoms. The lowest BCUT2D eigenvalue weighted by Gasteiger charge is -2.29. The van der Waals surface area contributed by atoms with Crippen molar-refractivity contribution in [2.75, 3.05) is 39.6 Å². The molecule has 2 aliphatic rings.